The smallest absolute Gasteiger partial charge is 0.177 e. The molecule has 0 saturated carbocycles. The van der Waals surface area contributed by atoms with E-state index in [2.05, 4.69) is 27.9 Å². The summed E-state index contributed by atoms with van der Waals surface area (Å²) in [5, 5.41) is 19.6. The third-order valence-electron chi connectivity index (χ3n) is 4.71. The van der Waals surface area contributed by atoms with E-state index in [0.29, 0.717) is 23.7 Å². The van der Waals surface area contributed by atoms with Crippen LogP contribution in [-0.4, -0.2) is 46.4 Å². The van der Waals surface area contributed by atoms with Crippen LogP contribution in [0.2, 0.25) is 0 Å². The van der Waals surface area contributed by atoms with Crippen LogP contribution >= 0.6 is 15.9 Å². The maximum absolute atomic E-state index is 11.6. The zero-order chi connectivity index (χ0) is 21.1. The highest BCUT2D eigenvalue weighted by atomic mass is 79.9. The lowest BCUT2D eigenvalue weighted by Gasteiger charge is -2.16. The summed E-state index contributed by atoms with van der Waals surface area (Å²) >= 11 is 3.10. The van der Waals surface area contributed by atoms with Crippen LogP contribution < -0.4 is 4.74 Å². The van der Waals surface area contributed by atoms with Gasteiger partial charge in [0.05, 0.1) is 17.5 Å². The average Bonchev–Trinajstić information content (AvgIpc) is 2.69. The second kappa shape index (κ2) is 12.5. The van der Waals surface area contributed by atoms with Crippen molar-refractivity contribution in [2.45, 2.75) is 38.6 Å². The summed E-state index contributed by atoms with van der Waals surface area (Å²) in [6, 6.07) is 12.2. The number of Topliss-reactive ketones (excluding diaryl/α,β-unsaturated/α-hetero) is 1. The molecular weight excluding hydrogens is 434 g/mol. The number of ether oxygens (including phenoxy) is 1. The Balaban J connectivity index is 1.54. The molecule has 2 aromatic carbocycles. The van der Waals surface area contributed by atoms with Crippen LogP contribution in [0.4, 0.5) is 0 Å². The summed E-state index contributed by atoms with van der Waals surface area (Å²) in [4.78, 5) is 13.9. The van der Waals surface area contributed by atoms with Gasteiger partial charge >= 0.3 is 0 Å². The second-order valence-corrected chi connectivity index (χ2v) is 7.82. The van der Waals surface area contributed by atoms with Crippen molar-refractivity contribution in [3.63, 3.8) is 0 Å². The summed E-state index contributed by atoms with van der Waals surface area (Å²) < 4.78 is 5.66. The minimum Gasteiger partial charge on any atom is -0.508 e. The average molecular weight is 464 g/mol. The Morgan fingerprint density at radius 3 is 2.52 bits per heavy atom. The quantitative estimate of drug-likeness (QED) is 0.244. The zero-order valence-corrected chi connectivity index (χ0v) is 18.5. The zero-order valence-electron chi connectivity index (χ0n) is 16.9. The van der Waals surface area contributed by atoms with Crippen molar-refractivity contribution in [3.8, 4) is 17.2 Å². The SMILES string of the molecule is CN(CCCCCCCOc1ccc(C(=O)CBr)c(O)c1)Cc1cccc(O)c1. The molecule has 0 unspecified atom stereocenters. The van der Waals surface area contributed by atoms with E-state index in [-0.39, 0.29) is 16.9 Å². The molecule has 0 aliphatic heterocycles. The molecule has 0 atom stereocenters. The topological polar surface area (TPSA) is 70.0 Å². The number of aromatic hydroxyl groups is 2. The number of hydrogen-bond acceptors (Lipinski definition) is 5. The van der Waals surface area contributed by atoms with E-state index in [1.54, 1.807) is 18.2 Å². The van der Waals surface area contributed by atoms with Crippen molar-refractivity contribution in [1.82, 2.24) is 4.90 Å². The number of alkyl halides is 1. The van der Waals surface area contributed by atoms with Crippen molar-refractivity contribution in [1.29, 1.82) is 0 Å². The fraction of sp³-hybridized carbons (Fsp3) is 0.435. The third kappa shape index (κ3) is 8.46. The van der Waals surface area contributed by atoms with Gasteiger partial charge in [0, 0.05) is 12.6 Å². The van der Waals surface area contributed by atoms with Crippen LogP contribution in [0.25, 0.3) is 0 Å². The Hall–Kier alpha value is -2.05. The number of phenols is 2. The number of unbranched alkanes of at least 4 members (excludes halogenated alkanes) is 4. The first-order valence-electron chi connectivity index (χ1n) is 10.0. The van der Waals surface area contributed by atoms with Gasteiger partial charge in [0.15, 0.2) is 5.78 Å². The van der Waals surface area contributed by atoms with Crippen LogP contribution in [0.3, 0.4) is 0 Å². The standard InChI is InChI=1S/C23H30BrNO4/c1-25(17-18-8-7-9-19(26)14-18)12-5-3-2-4-6-13-29-20-10-11-21(22(27)15-20)23(28)16-24/h7-11,14-15,26-27H,2-6,12-13,16-17H2,1H3. The molecule has 0 heterocycles. The molecule has 0 aliphatic rings. The molecule has 2 aromatic rings. The van der Waals surface area contributed by atoms with Crippen molar-refractivity contribution >= 4 is 21.7 Å². The van der Waals surface area contributed by atoms with Gasteiger partial charge in [0.1, 0.15) is 17.2 Å². The van der Waals surface area contributed by atoms with Gasteiger partial charge in [-0.05, 0) is 56.3 Å². The number of rotatable bonds is 13. The van der Waals surface area contributed by atoms with Gasteiger partial charge in [-0.3, -0.25) is 4.79 Å². The monoisotopic (exact) mass is 463 g/mol. The van der Waals surface area contributed by atoms with E-state index in [0.717, 1.165) is 44.3 Å². The lowest BCUT2D eigenvalue weighted by Crippen LogP contribution is -2.18. The summed E-state index contributed by atoms with van der Waals surface area (Å²) in [5.74, 6) is 0.710. The van der Waals surface area contributed by atoms with Gasteiger partial charge in [0.2, 0.25) is 0 Å². The highest BCUT2D eigenvalue weighted by Crippen LogP contribution is 2.24. The Bertz CT molecular complexity index is 781. The first-order valence-corrected chi connectivity index (χ1v) is 11.1. The van der Waals surface area contributed by atoms with Gasteiger partial charge in [-0.25, -0.2) is 0 Å². The summed E-state index contributed by atoms with van der Waals surface area (Å²) in [6.45, 7) is 2.47. The molecule has 0 bridgehead atoms. The van der Waals surface area contributed by atoms with Gasteiger partial charge in [-0.15, -0.1) is 0 Å². The second-order valence-electron chi connectivity index (χ2n) is 7.26. The van der Waals surface area contributed by atoms with Crippen LogP contribution in [0.15, 0.2) is 42.5 Å². The maximum Gasteiger partial charge on any atom is 0.177 e. The minimum absolute atomic E-state index is 0.0400. The molecule has 0 amide bonds. The molecule has 0 fully saturated rings. The van der Waals surface area contributed by atoms with E-state index >= 15 is 0 Å². The van der Waals surface area contributed by atoms with E-state index in [1.165, 1.54) is 12.5 Å². The Labute approximate surface area is 181 Å². The number of benzene rings is 2. The number of phenolic OH excluding ortho intramolecular Hbond substituents is 2. The van der Waals surface area contributed by atoms with Crippen LogP contribution in [0.1, 0.15) is 48.0 Å². The summed E-state index contributed by atoms with van der Waals surface area (Å²) in [5.41, 5.74) is 1.43. The van der Waals surface area contributed by atoms with E-state index in [9.17, 15) is 15.0 Å². The van der Waals surface area contributed by atoms with Crippen molar-refractivity contribution < 1.29 is 19.7 Å². The number of carbonyl (C=O) groups excluding carboxylic acids is 1. The first kappa shape index (κ1) is 23.2. The van der Waals surface area contributed by atoms with Gasteiger partial charge in [0.25, 0.3) is 0 Å². The lowest BCUT2D eigenvalue weighted by molar-refractivity contribution is 0.102. The fourth-order valence-corrected chi connectivity index (χ4v) is 3.46. The normalized spacial score (nSPS) is 11.0. The van der Waals surface area contributed by atoms with Crippen molar-refractivity contribution in [2.24, 2.45) is 0 Å². The molecular formula is C23H30BrNO4. The van der Waals surface area contributed by atoms with Crippen LogP contribution in [-0.2, 0) is 6.54 Å². The molecule has 5 nitrogen and oxygen atoms in total. The molecule has 0 spiro atoms. The highest BCUT2D eigenvalue weighted by molar-refractivity contribution is 9.09. The summed E-state index contributed by atoms with van der Waals surface area (Å²) in [7, 11) is 2.10. The third-order valence-corrected chi connectivity index (χ3v) is 5.22. The Morgan fingerprint density at radius 2 is 1.79 bits per heavy atom. The number of hydrogen-bond donors (Lipinski definition) is 2. The van der Waals surface area contributed by atoms with Crippen LogP contribution in [0, 0.1) is 0 Å². The largest absolute Gasteiger partial charge is 0.508 e. The predicted octanol–water partition coefficient (Wildman–Crippen LogP) is 5.14. The molecule has 0 radical (unpaired) electrons. The van der Waals surface area contributed by atoms with Gasteiger partial charge in [-0.2, -0.15) is 0 Å². The molecule has 158 valence electrons. The fourth-order valence-electron chi connectivity index (χ4n) is 3.16. The maximum atomic E-state index is 11.6. The highest BCUT2D eigenvalue weighted by Gasteiger charge is 2.10. The van der Waals surface area contributed by atoms with Crippen molar-refractivity contribution in [2.75, 3.05) is 25.5 Å². The minimum atomic E-state index is -0.151. The molecule has 0 saturated heterocycles. The summed E-state index contributed by atoms with van der Waals surface area (Å²) in [6.07, 6.45) is 5.54. The van der Waals surface area contributed by atoms with Crippen LogP contribution in [0.5, 0.6) is 17.2 Å². The Kier molecular flexibility index (Phi) is 10.0. The number of carbonyl (C=O) groups is 1. The van der Waals surface area contributed by atoms with Gasteiger partial charge < -0.3 is 19.8 Å². The molecule has 0 aliphatic carbocycles. The number of nitrogens with zero attached hydrogens (tertiary/aromatic N) is 1. The number of ketones is 1. The molecule has 0 aromatic heterocycles. The van der Waals surface area contributed by atoms with Gasteiger partial charge in [-0.1, -0.05) is 47.3 Å². The number of halogens is 1. The van der Waals surface area contributed by atoms with E-state index < -0.39 is 0 Å². The molecule has 29 heavy (non-hydrogen) atoms. The lowest BCUT2D eigenvalue weighted by atomic mass is 10.1. The molecule has 2 N–H and O–H groups in total. The van der Waals surface area contributed by atoms with E-state index in [4.69, 9.17) is 4.74 Å². The first-order chi connectivity index (χ1) is 14.0. The molecule has 6 heteroatoms. The van der Waals surface area contributed by atoms with Crippen molar-refractivity contribution in [3.05, 3.63) is 53.6 Å². The van der Waals surface area contributed by atoms with E-state index in [1.807, 2.05) is 18.2 Å². The molecule has 2 rings (SSSR count). The predicted molar refractivity (Wildman–Crippen MR) is 119 cm³/mol. The Morgan fingerprint density at radius 1 is 1.03 bits per heavy atom.